The monoisotopic (exact) mass is 300 g/mol. The molecule has 0 saturated carbocycles. The molecule has 0 bridgehead atoms. The molecule has 20 heavy (non-hydrogen) atoms. The Balaban J connectivity index is 2.09. The number of carbonyl (C=O) groups is 3. The summed E-state index contributed by atoms with van der Waals surface area (Å²) in [5, 5.41) is 14.6. The lowest BCUT2D eigenvalue weighted by Crippen LogP contribution is -2.70. The van der Waals surface area contributed by atoms with Crippen molar-refractivity contribution >= 4 is 29.5 Å². The van der Waals surface area contributed by atoms with Gasteiger partial charge in [-0.25, -0.2) is 4.79 Å². The molecular formula is C10H14N5O4S+. The summed E-state index contributed by atoms with van der Waals surface area (Å²) >= 11 is 1.35. The number of hydrogen-bond acceptors (Lipinski definition) is 6. The molecule has 3 N–H and O–H groups in total. The van der Waals surface area contributed by atoms with Crippen LogP contribution < -0.4 is 10.2 Å². The van der Waals surface area contributed by atoms with Crippen LogP contribution in [-0.2, 0) is 14.4 Å². The molecule has 2 rings (SSSR count). The lowest BCUT2D eigenvalue weighted by molar-refractivity contribution is -0.161. The maximum atomic E-state index is 12.0. The molecule has 2 amide bonds. The molecular weight excluding hydrogens is 286 g/mol. The lowest BCUT2D eigenvalue weighted by atomic mass is 9.96. The molecule has 2 aliphatic heterocycles. The van der Waals surface area contributed by atoms with Gasteiger partial charge in [-0.3, -0.25) is 9.59 Å². The van der Waals surface area contributed by atoms with E-state index in [1.165, 1.54) is 16.7 Å². The predicted molar refractivity (Wildman–Crippen MR) is 67.8 cm³/mol. The Morgan fingerprint density at radius 2 is 2.25 bits per heavy atom. The third kappa shape index (κ3) is 2.16. The van der Waals surface area contributed by atoms with Crippen LogP contribution >= 0.6 is 11.8 Å². The average Bonchev–Trinajstić information content (AvgIpc) is 2.62. The minimum Gasteiger partial charge on any atom is -0.480 e. The molecule has 10 heteroatoms. The second-order valence-corrected chi connectivity index (χ2v) is 6.81. The van der Waals surface area contributed by atoms with E-state index in [0.29, 0.717) is 0 Å². The first-order valence-electron chi connectivity index (χ1n) is 5.85. The summed E-state index contributed by atoms with van der Waals surface area (Å²) in [7, 11) is 0. The zero-order chi connectivity index (χ0) is 15.1. The molecule has 0 aromatic carbocycles. The van der Waals surface area contributed by atoms with Gasteiger partial charge >= 0.3 is 5.97 Å². The first-order chi connectivity index (χ1) is 9.29. The van der Waals surface area contributed by atoms with E-state index in [-0.39, 0.29) is 11.9 Å². The van der Waals surface area contributed by atoms with Crippen LogP contribution in [0.5, 0.6) is 0 Å². The Hall–Kier alpha value is -1.93. The summed E-state index contributed by atoms with van der Waals surface area (Å²) in [4.78, 5) is 38.8. The van der Waals surface area contributed by atoms with Crippen molar-refractivity contribution in [1.29, 1.82) is 5.53 Å². The number of thioether (sulfide) groups is 1. The standard InChI is InChI=1S/C10H13N5O4S/c1-10(2)6(9(18)19)15-7(17)5(8(15)20-10)13-4(16)3-12-14-11/h5-6,8,11H,3H2,1-2H3,(H-,13,16,18,19)/p+1/t5-,6+,8+/m1/s1. The summed E-state index contributed by atoms with van der Waals surface area (Å²) in [6.07, 6.45) is 0. The van der Waals surface area contributed by atoms with Crippen LogP contribution in [0.25, 0.3) is 0 Å². The summed E-state index contributed by atoms with van der Waals surface area (Å²) in [6, 6.07) is -1.64. The first kappa shape index (κ1) is 14.5. The molecule has 2 aliphatic rings. The molecule has 9 nitrogen and oxygen atoms in total. The van der Waals surface area contributed by atoms with Crippen molar-refractivity contribution in [3.05, 3.63) is 0 Å². The fraction of sp³-hybridized carbons (Fsp3) is 0.700. The van der Waals surface area contributed by atoms with E-state index in [1.807, 2.05) is 0 Å². The van der Waals surface area contributed by atoms with Gasteiger partial charge < -0.3 is 15.3 Å². The summed E-state index contributed by atoms with van der Waals surface area (Å²) in [6.45, 7) is 3.20. The van der Waals surface area contributed by atoms with Crippen molar-refractivity contribution in [1.82, 2.24) is 15.1 Å². The molecule has 0 aromatic heterocycles. The molecule has 0 radical (unpaired) electrons. The molecule has 2 heterocycles. The van der Waals surface area contributed by atoms with Gasteiger partial charge in [-0.05, 0) is 13.8 Å². The number of carboxylic acid groups (broad SMARTS) is 1. The third-order valence-electron chi connectivity index (χ3n) is 3.28. The Kier molecular flexibility index (Phi) is 3.53. The van der Waals surface area contributed by atoms with Crippen LogP contribution in [-0.4, -0.2) is 56.5 Å². The number of nitrogens with one attached hydrogen (secondary N) is 2. The number of carbonyl (C=O) groups excluding carboxylic acids is 2. The molecule has 0 aromatic rings. The molecule has 2 fully saturated rings. The van der Waals surface area contributed by atoms with E-state index in [0.717, 1.165) is 0 Å². The smallest absolute Gasteiger partial charge is 0.327 e. The van der Waals surface area contributed by atoms with E-state index in [2.05, 4.69) is 15.3 Å². The van der Waals surface area contributed by atoms with Gasteiger partial charge in [0.25, 0.3) is 0 Å². The van der Waals surface area contributed by atoms with Crippen molar-refractivity contribution in [2.24, 2.45) is 5.11 Å². The van der Waals surface area contributed by atoms with Crippen LogP contribution in [0.4, 0.5) is 0 Å². The highest BCUT2D eigenvalue weighted by Crippen LogP contribution is 2.50. The van der Waals surface area contributed by atoms with Crippen molar-refractivity contribution in [2.75, 3.05) is 6.54 Å². The van der Waals surface area contributed by atoms with Gasteiger partial charge in [-0.15, -0.1) is 11.8 Å². The Morgan fingerprint density at radius 1 is 1.60 bits per heavy atom. The normalized spacial score (nSPS) is 30.0. The molecule has 0 spiro atoms. The van der Waals surface area contributed by atoms with Crippen LogP contribution in [0.2, 0.25) is 0 Å². The fourth-order valence-electron chi connectivity index (χ4n) is 2.46. The number of amides is 2. The maximum absolute atomic E-state index is 12.0. The van der Waals surface area contributed by atoms with E-state index in [1.54, 1.807) is 13.8 Å². The number of hydrogen-bond donors (Lipinski definition) is 3. The number of fused-ring (bicyclic) bond motifs is 1. The summed E-state index contributed by atoms with van der Waals surface area (Å²) in [5.41, 5.74) is 6.45. The molecule has 3 atom stereocenters. The zero-order valence-corrected chi connectivity index (χ0v) is 11.7. The van der Waals surface area contributed by atoms with Gasteiger partial charge in [0.2, 0.25) is 23.3 Å². The highest BCUT2D eigenvalue weighted by atomic mass is 32.2. The Bertz CT molecular complexity index is 530. The Labute approximate surface area is 118 Å². The van der Waals surface area contributed by atoms with E-state index in [4.69, 9.17) is 5.53 Å². The number of aliphatic carboxylic acids is 1. The van der Waals surface area contributed by atoms with Gasteiger partial charge in [-0.1, -0.05) is 0 Å². The predicted octanol–water partition coefficient (Wildman–Crippen LogP) is -0.832. The zero-order valence-electron chi connectivity index (χ0n) is 10.9. The van der Waals surface area contributed by atoms with E-state index in [9.17, 15) is 19.5 Å². The molecule has 2 saturated heterocycles. The Morgan fingerprint density at radius 3 is 2.80 bits per heavy atom. The van der Waals surface area contributed by atoms with Crippen molar-refractivity contribution in [3.63, 3.8) is 0 Å². The maximum Gasteiger partial charge on any atom is 0.327 e. The highest BCUT2D eigenvalue weighted by molar-refractivity contribution is 8.01. The first-order valence-corrected chi connectivity index (χ1v) is 6.73. The largest absolute Gasteiger partial charge is 0.480 e. The third-order valence-corrected chi connectivity index (χ3v) is 4.85. The van der Waals surface area contributed by atoms with E-state index < -0.39 is 34.6 Å². The second kappa shape index (κ2) is 4.88. The van der Waals surface area contributed by atoms with Crippen LogP contribution in [0.15, 0.2) is 5.11 Å². The van der Waals surface area contributed by atoms with Gasteiger partial charge in [-0.2, -0.15) is 0 Å². The minimum atomic E-state index is -1.05. The van der Waals surface area contributed by atoms with Gasteiger partial charge in [0.1, 0.15) is 28.1 Å². The fourth-order valence-corrected chi connectivity index (χ4v) is 4.09. The molecule has 108 valence electrons. The SMILES string of the molecule is CC1(C)S[C@H]2[C@H](NC(=O)CN=[N+]=N)C(=O)N2[C@H]1C(=O)O. The number of nitrogens with zero attached hydrogens (tertiary/aromatic N) is 3. The van der Waals surface area contributed by atoms with Gasteiger partial charge in [0.05, 0.1) is 0 Å². The van der Waals surface area contributed by atoms with Crippen molar-refractivity contribution in [3.8, 4) is 0 Å². The second-order valence-electron chi connectivity index (χ2n) is 5.04. The summed E-state index contributed by atoms with van der Waals surface area (Å²) < 4.78 is -0.619. The number of carboxylic acids is 1. The number of β-lactam (4-membered cyclic amide) rings is 1. The lowest BCUT2D eigenvalue weighted by Gasteiger charge is -2.43. The highest BCUT2D eigenvalue weighted by Gasteiger charge is 2.64. The minimum absolute atomic E-state index is 0.323. The number of rotatable bonds is 4. The average molecular weight is 300 g/mol. The van der Waals surface area contributed by atoms with Crippen molar-refractivity contribution < 1.29 is 19.5 Å². The van der Waals surface area contributed by atoms with Crippen LogP contribution in [0.1, 0.15) is 13.8 Å². The quantitative estimate of drug-likeness (QED) is 0.353. The topological polar surface area (TPSA) is 137 Å². The summed E-state index contributed by atoms with van der Waals surface area (Å²) in [5.74, 6) is -1.97. The van der Waals surface area contributed by atoms with Gasteiger partial charge in [0, 0.05) is 4.75 Å². The van der Waals surface area contributed by atoms with Crippen LogP contribution in [0, 0.1) is 5.53 Å². The van der Waals surface area contributed by atoms with Gasteiger partial charge in [0.15, 0.2) is 0 Å². The van der Waals surface area contributed by atoms with Crippen molar-refractivity contribution in [2.45, 2.75) is 36.1 Å². The van der Waals surface area contributed by atoms with E-state index >= 15 is 0 Å². The molecule has 0 aliphatic carbocycles. The van der Waals surface area contributed by atoms with Crippen LogP contribution in [0.3, 0.4) is 0 Å². The molecule has 0 unspecified atom stereocenters.